The molecule has 200 valence electrons. The number of halogens is 5. The highest BCUT2D eigenvalue weighted by Gasteiger charge is 2.33. The molecule has 0 radical (unpaired) electrons. The van der Waals surface area contributed by atoms with Crippen LogP contribution < -0.4 is 10.1 Å². The van der Waals surface area contributed by atoms with Gasteiger partial charge >= 0.3 is 5.97 Å². The van der Waals surface area contributed by atoms with Crippen molar-refractivity contribution in [3.8, 4) is 16.9 Å². The predicted octanol–water partition coefficient (Wildman–Crippen LogP) is 7.72. The molecule has 0 aliphatic carbocycles. The first kappa shape index (κ1) is 28.5. The van der Waals surface area contributed by atoms with Crippen molar-refractivity contribution in [2.75, 3.05) is 7.11 Å². The van der Waals surface area contributed by atoms with Gasteiger partial charge in [-0.15, -0.1) is 0 Å². The average molecular weight is 599 g/mol. The van der Waals surface area contributed by atoms with E-state index in [9.17, 15) is 14.0 Å². The number of amides is 1. The van der Waals surface area contributed by atoms with Gasteiger partial charge in [0.15, 0.2) is 0 Å². The molecule has 5 nitrogen and oxygen atoms in total. The van der Waals surface area contributed by atoms with Gasteiger partial charge < -0.3 is 14.8 Å². The summed E-state index contributed by atoms with van der Waals surface area (Å²) in [5, 5.41) is 3.31. The van der Waals surface area contributed by atoms with E-state index in [2.05, 4.69) is 5.32 Å². The summed E-state index contributed by atoms with van der Waals surface area (Å²) in [6.07, 6.45) is 1.43. The fourth-order valence-electron chi connectivity index (χ4n) is 4.50. The van der Waals surface area contributed by atoms with Crippen LogP contribution in [0.2, 0.25) is 20.1 Å². The van der Waals surface area contributed by atoms with E-state index in [1.807, 2.05) is 19.9 Å². The second kappa shape index (κ2) is 11.3. The molecule has 0 fully saturated rings. The summed E-state index contributed by atoms with van der Waals surface area (Å²) in [6.45, 7) is 3.93. The second-order valence-electron chi connectivity index (χ2n) is 9.54. The Bertz CT molecular complexity index is 1380. The third-order valence-electron chi connectivity index (χ3n) is 6.39. The Labute approximate surface area is 240 Å². The van der Waals surface area contributed by atoms with E-state index in [0.29, 0.717) is 29.7 Å². The van der Waals surface area contributed by atoms with E-state index in [1.54, 1.807) is 12.1 Å². The molecule has 0 aromatic heterocycles. The van der Waals surface area contributed by atoms with Crippen LogP contribution in [0, 0.1) is 5.82 Å². The van der Waals surface area contributed by atoms with Crippen molar-refractivity contribution in [3.05, 3.63) is 85.1 Å². The van der Waals surface area contributed by atoms with Crippen LogP contribution in [0.4, 0.5) is 4.39 Å². The van der Waals surface area contributed by atoms with Crippen molar-refractivity contribution in [1.29, 1.82) is 0 Å². The molecule has 1 amide bonds. The molecule has 0 spiro atoms. The second-order valence-corrected chi connectivity index (χ2v) is 11.2. The number of methoxy groups -OCH3 is 1. The summed E-state index contributed by atoms with van der Waals surface area (Å²) in [5.74, 6) is -1.26. The maximum absolute atomic E-state index is 13.9. The number of hydrogen-bond donors (Lipinski definition) is 1. The van der Waals surface area contributed by atoms with Crippen LogP contribution in [0.15, 0.2) is 42.5 Å². The number of fused-ring (bicyclic) bond motifs is 1. The van der Waals surface area contributed by atoms with Gasteiger partial charge in [-0.1, -0.05) is 64.6 Å². The monoisotopic (exact) mass is 597 g/mol. The van der Waals surface area contributed by atoms with E-state index in [4.69, 9.17) is 55.9 Å². The SMILES string of the molecule is COC(=O)[C@H](Cc1ccc(-c2c(Cl)cc(F)cc2Cl)c2c1CCC(C)(C)O2)NC(=O)c1c(Cl)cccc1Cl. The van der Waals surface area contributed by atoms with Gasteiger partial charge in [0.05, 0.1) is 32.8 Å². The van der Waals surface area contributed by atoms with E-state index >= 15 is 0 Å². The van der Waals surface area contributed by atoms with Crippen LogP contribution in [0.25, 0.3) is 11.1 Å². The summed E-state index contributed by atoms with van der Waals surface area (Å²) in [6, 6.07) is 9.62. The fraction of sp³-hybridized carbons (Fsp3) is 0.286. The molecule has 1 aliphatic rings. The maximum Gasteiger partial charge on any atom is 0.328 e. The number of rotatable bonds is 6. The zero-order valence-corrected chi connectivity index (χ0v) is 23.8. The molecular formula is C28H24Cl4FNO4. The molecule has 0 unspecified atom stereocenters. The third-order valence-corrected chi connectivity index (χ3v) is 7.62. The maximum atomic E-state index is 13.9. The first-order valence-electron chi connectivity index (χ1n) is 11.7. The van der Waals surface area contributed by atoms with Crippen molar-refractivity contribution in [2.45, 2.75) is 44.8 Å². The Morgan fingerprint density at radius 2 is 1.68 bits per heavy atom. The van der Waals surface area contributed by atoms with Gasteiger partial charge in [-0.2, -0.15) is 0 Å². The lowest BCUT2D eigenvalue weighted by Crippen LogP contribution is -2.43. The van der Waals surface area contributed by atoms with E-state index < -0.39 is 29.3 Å². The molecule has 1 N–H and O–H groups in total. The Balaban J connectivity index is 1.76. The topological polar surface area (TPSA) is 64.6 Å². The molecule has 10 heteroatoms. The number of hydrogen-bond acceptors (Lipinski definition) is 4. The Morgan fingerprint density at radius 1 is 1.05 bits per heavy atom. The van der Waals surface area contributed by atoms with Gasteiger partial charge in [-0.05, 0) is 62.1 Å². The zero-order chi connectivity index (χ0) is 27.8. The molecule has 0 bridgehead atoms. The Kier molecular flexibility index (Phi) is 8.48. The lowest BCUT2D eigenvalue weighted by molar-refractivity contribution is -0.142. The van der Waals surface area contributed by atoms with Crippen LogP contribution in [-0.2, 0) is 22.4 Å². The quantitative estimate of drug-likeness (QED) is 0.295. The van der Waals surface area contributed by atoms with Gasteiger partial charge in [0.1, 0.15) is 23.2 Å². The highest BCUT2D eigenvalue weighted by atomic mass is 35.5. The fourth-order valence-corrected chi connectivity index (χ4v) is 5.73. The van der Waals surface area contributed by atoms with Crippen LogP contribution in [0.5, 0.6) is 5.75 Å². The number of carbonyl (C=O) groups excluding carboxylic acids is 2. The summed E-state index contributed by atoms with van der Waals surface area (Å²) < 4.78 is 25.2. The van der Waals surface area contributed by atoms with E-state index in [0.717, 1.165) is 11.1 Å². The molecular weight excluding hydrogens is 575 g/mol. The van der Waals surface area contributed by atoms with Gasteiger partial charge in [-0.25, -0.2) is 9.18 Å². The number of ether oxygens (including phenoxy) is 2. The molecule has 0 saturated carbocycles. The number of benzene rings is 3. The largest absolute Gasteiger partial charge is 0.487 e. The standard InChI is InChI=1S/C28H24Cl4FNO4/c1-28(2)10-9-16-14(7-8-17(25(16)38-28)23-20(31)12-15(33)13-21(23)32)11-22(27(36)37-3)34-26(35)24-18(29)5-4-6-19(24)30/h4-8,12-13,22H,9-11H2,1-3H3,(H,34,35)/t22-/m0/s1. The number of esters is 1. The molecule has 1 heterocycles. The minimum atomic E-state index is -1.04. The van der Waals surface area contributed by atoms with E-state index in [1.165, 1.54) is 31.4 Å². The highest BCUT2D eigenvalue weighted by molar-refractivity contribution is 6.40. The molecule has 4 rings (SSSR count). The smallest absolute Gasteiger partial charge is 0.328 e. The summed E-state index contributed by atoms with van der Waals surface area (Å²) in [5.41, 5.74) is 2.21. The first-order valence-corrected chi connectivity index (χ1v) is 13.2. The minimum Gasteiger partial charge on any atom is -0.487 e. The average Bonchev–Trinajstić information content (AvgIpc) is 2.82. The van der Waals surface area contributed by atoms with Crippen LogP contribution in [0.1, 0.15) is 41.8 Å². The van der Waals surface area contributed by atoms with Crippen LogP contribution in [0.3, 0.4) is 0 Å². The molecule has 3 aromatic rings. The van der Waals surface area contributed by atoms with Crippen molar-refractivity contribution in [1.82, 2.24) is 5.32 Å². The van der Waals surface area contributed by atoms with Crippen molar-refractivity contribution >= 4 is 58.3 Å². The summed E-state index contributed by atoms with van der Waals surface area (Å²) in [4.78, 5) is 25.8. The highest BCUT2D eigenvalue weighted by Crippen LogP contribution is 2.47. The Morgan fingerprint density at radius 3 is 2.29 bits per heavy atom. The van der Waals surface area contributed by atoms with Gasteiger partial charge in [0.2, 0.25) is 0 Å². The molecule has 38 heavy (non-hydrogen) atoms. The first-order chi connectivity index (χ1) is 17.9. The minimum absolute atomic E-state index is 0.0628. The van der Waals surface area contributed by atoms with Gasteiger partial charge in [-0.3, -0.25) is 4.79 Å². The van der Waals surface area contributed by atoms with E-state index in [-0.39, 0.29) is 32.1 Å². The van der Waals surface area contributed by atoms with Gasteiger partial charge in [0.25, 0.3) is 5.91 Å². The lowest BCUT2D eigenvalue weighted by Gasteiger charge is -2.35. The summed E-state index contributed by atoms with van der Waals surface area (Å²) in [7, 11) is 1.24. The molecule has 1 atom stereocenters. The van der Waals surface area contributed by atoms with Crippen LogP contribution in [-0.4, -0.2) is 30.6 Å². The zero-order valence-electron chi connectivity index (χ0n) is 20.8. The van der Waals surface area contributed by atoms with Gasteiger partial charge in [0, 0.05) is 17.5 Å². The number of carbonyl (C=O) groups is 2. The lowest BCUT2D eigenvalue weighted by atomic mass is 9.86. The van der Waals surface area contributed by atoms with Crippen molar-refractivity contribution < 1.29 is 23.5 Å². The molecule has 3 aromatic carbocycles. The van der Waals surface area contributed by atoms with Crippen molar-refractivity contribution in [2.24, 2.45) is 0 Å². The number of nitrogens with one attached hydrogen (secondary N) is 1. The molecule has 0 saturated heterocycles. The third kappa shape index (κ3) is 5.89. The van der Waals surface area contributed by atoms with Crippen molar-refractivity contribution in [3.63, 3.8) is 0 Å². The molecule has 1 aliphatic heterocycles. The normalized spacial score (nSPS) is 14.7. The Hall–Kier alpha value is -2.51. The van der Waals surface area contributed by atoms with Crippen LogP contribution >= 0.6 is 46.4 Å². The summed E-state index contributed by atoms with van der Waals surface area (Å²) >= 11 is 25.2. The predicted molar refractivity (Wildman–Crippen MR) is 148 cm³/mol.